The minimum absolute atomic E-state index is 0.228. The number of benzene rings is 2. The van der Waals surface area contributed by atoms with Gasteiger partial charge in [0.05, 0.1) is 11.6 Å². The highest BCUT2D eigenvalue weighted by Crippen LogP contribution is 2.34. The number of hydrogen-bond acceptors (Lipinski definition) is 4. The van der Waals surface area contributed by atoms with Gasteiger partial charge in [-0.1, -0.05) is 47.7 Å². The van der Waals surface area contributed by atoms with Gasteiger partial charge in [0.15, 0.2) is 11.0 Å². The summed E-state index contributed by atoms with van der Waals surface area (Å²) in [6.45, 7) is 4.20. The van der Waals surface area contributed by atoms with E-state index >= 15 is 0 Å². The van der Waals surface area contributed by atoms with Gasteiger partial charge in [-0.15, -0.1) is 10.2 Å². The van der Waals surface area contributed by atoms with Crippen LogP contribution in [0, 0.1) is 18.3 Å². The van der Waals surface area contributed by atoms with Gasteiger partial charge in [-0.25, -0.2) is 0 Å². The van der Waals surface area contributed by atoms with Crippen LogP contribution in [-0.2, 0) is 7.05 Å². The topological polar surface area (TPSA) is 54.5 Å². The molecule has 5 heteroatoms. The van der Waals surface area contributed by atoms with Crippen molar-refractivity contribution < 1.29 is 0 Å². The maximum absolute atomic E-state index is 8.89. The van der Waals surface area contributed by atoms with Crippen molar-refractivity contribution >= 4 is 11.8 Å². The third-order valence-electron chi connectivity index (χ3n) is 3.90. The number of aryl methyl sites for hydroxylation is 1. The molecule has 1 aromatic heterocycles. The molecule has 0 fully saturated rings. The Hall–Kier alpha value is -2.58. The summed E-state index contributed by atoms with van der Waals surface area (Å²) in [5.41, 5.74) is 4.12. The summed E-state index contributed by atoms with van der Waals surface area (Å²) in [4.78, 5) is 0. The summed E-state index contributed by atoms with van der Waals surface area (Å²) in [5.74, 6) is 0.869. The molecule has 0 saturated heterocycles. The Bertz CT molecular complexity index is 890. The molecule has 120 valence electrons. The van der Waals surface area contributed by atoms with Gasteiger partial charge in [0, 0.05) is 17.9 Å². The lowest BCUT2D eigenvalue weighted by molar-refractivity contribution is 0.790. The first-order valence-electron chi connectivity index (χ1n) is 7.71. The standard InChI is InChI=1S/C19H18N4S/c1-13-5-4-6-17(11-13)18-21-22-19(23(18)3)24-14(2)16-9-7-15(12-20)8-10-16/h4-11,14H,1-3H3/t14-/m1/s1. The van der Waals surface area contributed by atoms with Crippen LogP contribution < -0.4 is 0 Å². The molecule has 1 heterocycles. The minimum atomic E-state index is 0.228. The number of nitrogens with zero attached hydrogens (tertiary/aromatic N) is 4. The molecule has 3 rings (SSSR count). The largest absolute Gasteiger partial charge is 0.305 e. The fraction of sp³-hybridized carbons (Fsp3) is 0.211. The van der Waals surface area contributed by atoms with E-state index in [2.05, 4.69) is 48.3 Å². The van der Waals surface area contributed by atoms with Crippen molar-refractivity contribution in [2.24, 2.45) is 7.05 Å². The molecule has 24 heavy (non-hydrogen) atoms. The lowest BCUT2D eigenvalue weighted by Crippen LogP contribution is -1.97. The highest BCUT2D eigenvalue weighted by atomic mass is 32.2. The third-order valence-corrected chi connectivity index (χ3v) is 5.09. The first kappa shape index (κ1) is 16.3. The summed E-state index contributed by atoms with van der Waals surface area (Å²) >= 11 is 1.66. The molecule has 3 aromatic rings. The number of thioether (sulfide) groups is 1. The van der Waals surface area contributed by atoms with Gasteiger partial charge in [-0.05, 0) is 37.6 Å². The van der Waals surface area contributed by atoms with E-state index in [1.165, 1.54) is 11.1 Å². The summed E-state index contributed by atoms with van der Waals surface area (Å²) in [7, 11) is 1.99. The average Bonchev–Trinajstić information content (AvgIpc) is 2.95. The molecule has 2 aromatic carbocycles. The molecule has 0 spiro atoms. The summed E-state index contributed by atoms with van der Waals surface area (Å²) < 4.78 is 2.03. The van der Waals surface area contributed by atoms with Crippen LogP contribution in [0.5, 0.6) is 0 Å². The predicted octanol–water partition coefficient (Wildman–Crippen LogP) is 4.52. The van der Waals surface area contributed by atoms with E-state index in [-0.39, 0.29) is 5.25 Å². The SMILES string of the molecule is Cc1cccc(-c2nnc(S[C@H](C)c3ccc(C#N)cc3)n2C)c1. The lowest BCUT2D eigenvalue weighted by Gasteiger charge is -2.11. The Balaban J connectivity index is 1.82. The molecule has 0 aliphatic heterocycles. The Kier molecular flexibility index (Phi) is 4.68. The number of aromatic nitrogens is 3. The first-order valence-corrected chi connectivity index (χ1v) is 8.59. The molecule has 0 radical (unpaired) electrons. The van der Waals surface area contributed by atoms with Crippen molar-refractivity contribution in [3.05, 3.63) is 65.2 Å². The highest BCUT2D eigenvalue weighted by molar-refractivity contribution is 7.99. The zero-order chi connectivity index (χ0) is 17.1. The zero-order valence-corrected chi connectivity index (χ0v) is 14.7. The van der Waals surface area contributed by atoms with E-state index in [4.69, 9.17) is 5.26 Å². The molecule has 0 aliphatic rings. The number of nitriles is 1. The molecule has 0 saturated carbocycles. The number of hydrogen-bond donors (Lipinski definition) is 0. The molecular weight excluding hydrogens is 316 g/mol. The lowest BCUT2D eigenvalue weighted by atomic mass is 10.1. The van der Waals surface area contributed by atoms with Gasteiger partial charge in [0.25, 0.3) is 0 Å². The van der Waals surface area contributed by atoms with E-state index in [9.17, 15) is 0 Å². The normalized spacial score (nSPS) is 11.9. The Morgan fingerprint density at radius 2 is 1.88 bits per heavy atom. The van der Waals surface area contributed by atoms with Crippen LogP contribution in [0.2, 0.25) is 0 Å². The summed E-state index contributed by atoms with van der Waals surface area (Å²) in [6.07, 6.45) is 0. The first-order chi connectivity index (χ1) is 11.6. The summed E-state index contributed by atoms with van der Waals surface area (Å²) in [5, 5.41) is 18.7. The smallest absolute Gasteiger partial charge is 0.191 e. The average molecular weight is 334 g/mol. The Labute approximate surface area is 146 Å². The van der Waals surface area contributed by atoms with Gasteiger partial charge >= 0.3 is 0 Å². The van der Waals surface area contributed by atoms with Gasteiger partial charge in [0.2, 0.25) is 0 Å². The van der Waals surface area contributed by atoms with E-state index < -0.39 is 0 Å². The zero-order valence-electron chi connectivity index (χ0n) is 13.9. The van der Waals surface area contributed by atoms with E-state index in [1.54, 1.807) is 11.8 Å². The molecule has 0 N–H and O–H groups in total. The molecule has 0 unspecified atom stereocenters. The van der Waals surface area contributed by atoms with Crippen molar-refractivity contribution in [2.45, 2.75) is 24.3 Å². The fourth-order valence-corrected chi connectivity index (χ4v) is 3.45. The Morgan fingerprint density at radius 1 is 1.12 bits per heavy atom. The van der Waals surface area contributed by atoms with Crippen molar-refractivity contribution in [1.29, 1.82) is 5.26 Å². The quantitative estimate of drug-likeness (QED) is 0.659. The molecule has 4 nitrogen and oxygen atoms in total. The predicted molar refractivity (Wildman–Crippen MR) is 96.6 cm³/mol. The van der Waals surface area contributed by atoms with Crippen LogP contribution in [0.15, 0.2) is 53.7 Å². The maximum atomic E-state index is 8.89. The van der Waals surface area contributed by atoms with Crippen LogP contribution in [-0.4, -0.2) is 14.8 Å². The molecule has 1 atom stereocenters. The second-order valence-corrected chi connectivity index (χ2v) is 7.04. The minimum Gasteiger partial charge on any atom is -0.305 e. The van der Waals surface area contributed by atoms with Gasteiger partial charge in [-0.2, -0.15) is 5.26 Å². The molecular formula is C19H18N4S. The van der Waals surface area contributed by atoms with Crippen LogP contribution in [0.1, 0.15) is 28.9 Å². The van der Waals surface area contributed by atoms with E-state index in [0.717, 1.165) is 16.5 Å². The van der Waals surface area contributed by atoms with Gasteiger partial charge in [-0.3, -0.25) is 0 Å². The van der Waals surface area contributed by atoms with Crippen molar-refractivity contribution in [2.75, 3.05) is 0 Å². The second-order valence-electron chi connectivity index (χ2n) is 5.73. The highest BCUT2D eigenvalue weighted by Gasteiger charge is 2.15. The molecule has 0 amide bonds. The summed E-state index contributed by atoms with van der Waals surface area (Å²) in [6, 6.07) is 18.1. The van der Waals surface area contributed by atoms with Gasteiger partial charge in [0.1, 0.15) is 0 Å². The van der Waals surface area contributed by atoms with Crippen LogP contribution in [0.25, 0.3) is 11.4 Å². The van der Waals surface area contributed by atoms with Crippen LogP contribution in [0.4, 0.5) is 0 Å². The van der Waals surface area contributed by atoms with Crippen molar-refractivity contribution in [1.82, 2.24) is 14.8 Å². The Morgan fingerprint density at radius 3 is 2.54 bits per heavy atom. The maximum Gasteiger partial charge on any atom is 0.191 e. The molecule has 0 aliphatic carbocycles. The fourth-order valence-electron chi connectivity index (χ4n) is 2.51. The van der Waals surface area contributed by atoms with Gasteiger partial charge < -0.3 is 4.57 Å². The number of rotatable bonds is 4. The van der Waals surface area contributed by atoms with Crippen LogP contribution in [0.3, 0.4) is 0 Å². The second kappa shape index (κ2) is 6.90. The van der Waals surface area contributed by atoms with Crippen LogP contribution >= 0.6 is 11.8 Å². The van der Waals surface area contributed by atoms with E-state index in [0.29, 0.717) is 5.56 Å². The monoisotopic (exact) mass is 334 g/mol. The third kappa shape index (κ3) is 3.34. The van der Waals surface area contributed by atoms with Crippen molar-refractivity contribution in [3.63, 3.8) is 0 Å². The van der Waals surface area contributed by atoms with Crippen molar-refractivity contribution in [3.8, 4) is 17.5 Å². The molecule has 0 bridgehead atoms. The van der Waals surface area contributed by atoms with E-state index in [1.807, 2.05) is 41.9 Å².